The van der Waals surface area contributed by atoms with Crippen LogP contribution in [0.4, 0.5) is 5.69 Å². The molecule has 0 saturated carbocycles. The van der Waals surface area contributed by atoms with Crippen molar-refractivity contribution in [3.63, 3.8) is 0 Å². The number of carbonyl (C=O) groups excluding carboxylic acids is 1. The first kappa shape index (κ1) is 14.2. The SMILES string of the molecule is O=C1c2ccccc2O[C@@H](c2cccc([N+](=O)[O-])c2)[C@@H]1[Tl]. The van der Waals surface area contributed by atoms with Gasteiger partial charge in [0, 0.05) is 0 Å². The first-order chi connectivity index (χ1) is 10.1. The zero-order chi connectivity index (χ0) is 15.0. The third-order valence-corrected chi connectivity index (χ3v) is 5.98. The van der Waals surface area contributed by atoms with Gasteiger partial charge in [-0.05, 0) is 0 Å². The summed E-state index contributed by atoms with van der Waals surface area (Å²) in [6, 6.07) is 13.5. The Bertz CT molecular complexity index is 731. The van der Waals surface area contributed by atoms with Crippen molar-refractivity contribution in [2.75, 3.05) is 0 Å². The van der Waals surface area contributed by atoms with E-state index in [4.69, 9.17) is 4.74 Å². The molecule has 102 valence electrons. The van der Waals surface area contributed by atoms with Crippen molar-refractivity contribution in [1.82, 2.24) is 0 Å². The van der Waals surface area contributed by atoms with Crippen molar-refractivity contribution >= 4 is 37.2 Å². The fourth-order valence-corrected chi connectivity index (χ4v) is 4.26. The van der Waals surface area contributed by atoms with E-state index in [2.05, 4.69) is 0 Å². The zero-order valence-corrected chi connectivity index (χ0v) is 15.4. The van der Waals surface area contributed by atoms with Gasteiger partial charge in [0.05, 0.1) is 0 Å². The van der Waals surface area contributed by atoms with Crippen LogP contribution in [0.2, 0.25) is 3.48 Å². The third-order valence-electron chi connectivity index (χ3n) is 3.44. The molecular formula is C15H10NO4Tl. The molecule has 0 radical (unpaired) electrons. The second-order valence-electron chi connectivity index (χ2n) is 4.78. The summed E-state index contributed by atoms with van der Waals surface area (Å²) in [5.41, 5.74) is 1.30. The van der Waals surface area contributed by atoms with E-state index in [0.717, 1.165) is 0 Å². The molecule has 0 N–H and O–H groups in total. The van der Waals surface area contributed by atoms with Crippen molar-refractivity contribution in [2.24, 2.45) is 0 Å². The van der Waals surface area contributed by atoms with Crippen LogP contribution in [0.1, 0.15) is 22.0 Å². The first-order valence-electron chi connectivity index (χ1n) is 6.38. The van der Waals surface area contributed by atoms with E-state index < -0.39 is 11.0 Å². The summed E-state index contributed by atoms with van der Waals surface area (Å²) >= 11 is 0.389. The first-order valence-corrected chi connectivity index (χ1v) is 8.97. The van der Waals surface area contributed by atoms with Gasteiger partial charge >= 0.3 is 137 Å². The van der Waals surface area contributed by atoms with Gasteiger partial charge < -0.3 is 0 Å². The van der Waals surface area contributed by atoms with Gasteiger partial charge in [0.25, 0.3) is 0 Å². The minimum atomic E-state index is -0.438. The molecule has 0 fully saturated rings. The maximum absolute atomic E-state index is 12.4. The fraction of sp³-hybridized carbons (Fsp3) is 0.133. The number of non-ortho nitro benzene ring substituents is 1. The molecule has 0 saturated heterocycles. The number of Topliss-reactive ketones (excluding diaryl/α,β-unsaturated/α-hetero) is 1. The molecule has 0 aliphatic carbocycles. The van der Waals surface area contributed by atoms with Crippen LogP contribution in [0.25, 0.3) is 0 Å². The number of para-hydroxylation sites is 1. The number of hydrogen-bond donors (Lipinski definition) is 0. The number of hydrogen-bond acceptors (Lipinski definition) is 4. The van der Waals surface area contributed by atoms with E-state index in [0.29, 0.717) is 42.6 Å². The molecule has 2 atom stereocenters. The van der Waals surface area contributed by atoms with E-state index in [-0.39, 0.29) is 14.9 Å². The van der Waals surface area contributed by atoms with Crippen molar-refractivity contribution in [3.05, 3.63) is 69.8 Å². The molecule has 21 heavy (non-hydrogen) atoms. The average Bonchev–Trinajstić information content (AvgIpc) is 2.51. The topological polar surface area (TPSA) is 69.4 Å². The number of nitro benzene ring substituents is 1. The summed E-state index contributed by atoms with van der Waals surface area (Å²) in [5, 5.41) is 10.9. The molecule has 1 aliphatic rings. The second kappa shape index (κ2) is 5.55. The van der Waals surface area contributed by atoms with E-state index in [1.807, 2.05) is 12.1 Å². The Labute approximate surface area is 136 Å². The van der Waals surface area contributed by atoms with Gasteiger partial charge in [-0.3, -0.25) is 0 Å². The van der Waals surface area contributed by atoms with E-state index in [1.54, 1.807) is 24.3 Å². The van der Waals surface area contributed by atoms with Crippen molar-refractivity contribution in [1.29, 1.82) is 0 Å². The molecule has 1 aliphatic heterocycles. The molecular weight excluding hydrogens is 463 g/mol. The van der Waals surface area contributed by atoms with Gasteiger partial charge in [-0.25, -0.2) is 0 Å². The van der Waals surface area contributed by atoms with Crippen molar-refractivity contribution in [3.8, 4) is 5.75 Å². The number of nitro groups is 1. The number of ketones is 1. The molecule has 2 aromatic rings. The molecule has 0 spiro atoms. The quantitative estimate of drug-likeness (QED) is 0.383. The molecule has 6 heteroatoms. The van der Waals surface area contributed by atoms with Gasteiger partial charge in [-0.1, -0.05) is 0 Å². The fourth-order valence-electron chi connectivity index (χ4n) is 2.39. The number of fused-ring (bicyclic) bond motifs is 1. The number of carbonyl (C=O) groups is 1. The Morgan fingerprint density at radius 3 is 2.67 bits per heavy atom. The minimum absolute atomic E-state index is 0.0135. The normalized spacial score (nSPS) is 20.4. The molecule has 0 aromatic heterocycles. The van der Waals surface area contributed by atoms with Crippen LogP contribution >= 0.6 is 0 Å². The van der Waals surface area contributed by atoms with Crippen LogP contribution < -0.4 is 4.74 Å². The Morgan fingerprint density at radius 2 is 1.90 bits per heavy atom. The second-order valence-corrected chi connectivity index (χ2v) is 7.57. The number of rotatable bonds is 2. The molecule has 0 bridgehead atoms. The monoisotopic (exact) mass is 473 g/mol. The standard InChI is InChI=1S/C15H10NO4.Tl/c17-13-9-15(20-14-7-2-1-6-12(13)14)10-4-3-5-11(8-10)16(18)19;/h1-9,15H;/t15-;/m1./s1. The van der Waals surface area contributed by atoms with Crippen LogP contribution in [0.3, 0.4) is 0 Å². The Kier molecular flexibility index (Phi) is 3.75. The predicted octanol–water partition coefficient (Wildman–Crippen LogP) is 2.87. The number of nitrogens with zero attached hydrogens (tertiary/aromatic N) is 1. The van der Waals surface area contributed by atoms with Gasteiger partial charge in [-0.2, -0.15) is 0 Å². The Morgan fingerprint density at radius 1 is 1.14 bits per heavy atom. The molecule has 0 amide bonds. The predicted molar refractivity (Wildman–Crippen MR) is 76.7 cm³/mol. The summed E-state index contributed by atoms with van der Waals surface area (Å²) in [6.07, 6.45) is -0.433. The molecule has 2 aromatic carbocycles. The molecule has 3 rings (SSSR count). The number of benzene rings is 2. The van der Waals surface area contributed by atoms with E-state index in [1.165, 1.54) is 12.1 Å². The van der Waals surface area contributed by atoms with E-state index >= 15 is 0 Å². The Hall–Kier alpha value is -1.77. The van der Waals surface area contributed by atoms with Crippen molar-refractivity contribution in [2.45, 2.75) is 9.58 Å². The van der Waals surface area contributed by atoms with Crippen molar-refractivity contribution < 1.29 is 14.5 Å². The number of ether oxygens (including phenoxy) is 1. The van der Waals surface area contributed by atoms with Crippen LogP contribution in [0, 0.1) is 10.1 Å². The van der Waals surface area contributed by atoms with Crippen LogP contribution in [-0.4, -0.2) is 36.5 Å². The third kappa shape index (κ3) is 2.57. The summed E-state index contributed by atoms with van der Waals surface area (Å²) in [6.45, 7) is 0. The summed E-state index contributed by atoms with van der Waals surface area (Å²) in [4.78, 5) is 22.9. The van der Waals surface area contributed by atoms with Gasteiger partial charge in [0.15, 0.2) is 0 Å². The van der Waals surface area contributed by atoms with Gasteiger partial charge in [0.2, 0.25) is 0 Å². The maximum atomic E-state index is 12.4. The van der Waals surface area contributed by atoms with Crippen LogP contribution in [-0.2, 0) is 0 Å². The van der Waals surface area contributed by atoms with Crippen LogP contribution in [0.5, 0.6) is 5.75 Å². The zero-order valence-electron chi connectivity index (χ0n) is 10.9. The average molecular weight is 473 g/mol. The molecule has 5 nitrogen and oxygen atoms in total. The summed E-state index contributed by atoms with van der Waals surface area (Å²) in [5.74, 6) is 0.620. The summed E-state index contributed by atoms with van der Waals surface area (Å²) < 4.78 is 5.71. The van der Waals surface area contributed by atoms with Crippen LogP contribution in [0.15, 0.2) is 48.5 Å². The molecule has 0 unspecified atom stereocenters. The van der Waals surface area contributed by atoms with E-state index in [9.17, 15) is 14.9 Å². The van der Waals surface area contributed by atoms with Gasteiger partial charge in [-0.15, -0.1) is 0 Å². The molecule has 1 heterocycles. The van der Waals surface area contributed by atoms with Gasteiger partial charge in [0.1, 0.15) is 0 Å². The summed E-state index contributed by atoms with van der Waals surface area (Å²) in [7, 11) is 0. The Balaban J connectivity index is 2.02.